The molecule has 7 nitrogen and oxygen atoms in total. The van der Waals surface area contributed by atoms with E-state index in [2.05, 4.69) is 10.4 Å². The lowest BCUT2D eigenvalue weighted by molar-refractivity contribution is 0.0658. The number of hydrogen-bond donors (Lipinski definition) is 1. The molecule has 2 amide bonds. The van der Waals surface area contributed by atoms with Crippen LogP contribution in [0.25, 0.3) is 0 Å². The van der Waals surface area contributed by atoms with E-state index in [1.165, 1.54) is 27.8 Å². The van der Waals surface area contributed by atoms with Crippen molar-refractivity contribution in [2.75, 3.05) is 13.1 Å². The summed E-state index contributed by atoms with van der Waals surface area (Å²) in [6.07, 6.45) is 0. The highest BCUT2D eigenvalue weighted by Crippen LogP contribution is 2.15. The van der Waals surface area contributed by atoms with E-state index < -0.39 is 5.91 Å². The SMILES string of the molecule is O=C(CN1CCn2nc(C(=O)NCc3ccc(F)cc3)cc2C1=O)c1ccccc1. The lowest BCUT2D eigenvalue weighted by atomic mass is 10.1. The van der Waals surface area contributed by atoms with E-state index in [0.29, 0.717) is 18.7 Å². The summed E-state index contributed by atoms with van der Waals surface area (Å²) in [5.41, 5.74) is 1.69. The Hall–Kier alpha value is -3.81. The number of carbonyl (C=O) groups excluding carboxylic acids is 3. The molecule has 3 aromatic rings. The predicted octanol–water partition coefficient (Wildman–Crippen LogP) is 2.29. The zero-order valence-electron chi connectivity index (χ0n) is 16.0. The minimum absolute atomic E-state index is 0.0277. The molecule has 0 fully saturated rings. The minimum Gasteiger partial charge on any atom is -0.347 e. The van der Waals surface area contributed by atoms with E-state index in [4.69, 9.17) is 0 Å². The van der Waals surface area contributed by atoms with Gasteiger partial charge in [-0.05, 0) is 17.7 Å². The molecule has 0 bridgehead atoms. The van der Waals surface area contributed by atoms with E-state index in [0.717, 1.165) is 5.56 Å². The highest BCUT2D eigenvalue weighted by molar-refractivity contribution is 6.03. The summed E-state index contributed by atoms with van der Waals surface area (Å²) < 4.78 is 14.5. The number of Topliss-reactive ketones (excluding diaryl/α,β-unsaturated/α-hetero) is 1. The number of benzene rings is 2. The molecule has 152 valence electrons. The third-order valence-corrected chi connectivity index (χ3v) is 4.90. The predicted molar refractivity (Wildman–Crippen MR) is 106 cm³/mol. The first-order valence-electron chi connectivity index (χ1n) is 9.49. The average Bonchev–Trinajstić information content (AvgIpc) is 3.21. The van der Waals surface area contributed by atoms with Crippen LogP contribution in [0.15, 0.2) is 60.7 Å². The Bertz CT molecular complexity index is 1090. The quantitative estimate of drug-likeness (QED) is 0.637. The second-order valence-corrected chi connectivity index (χ2v) is 6.96. The summed E-state index contributed by atoms with van der Waals surface area (Å²) in [6.45, 7) is 0.921. The van der Waals surface area contributed by atoms with Gasteiger partial charge in [-0.2, -0.15) is 5.10 Å². The number of ketones is 1. The van der Waals surface area contributed by atoms with Crippen molar-refractivity contribution < 1.29 is 18.8 Å². The molecule has 0 aliphatic carbocycles. The maximum Gasteiger partial charge on any atom is 0.272 e. The van der Waals surface area contributed by atoms with Gasteiger partial charge < -0.3 is 10.2 Å². The van der Waals surface area contributed by atoms with Crippen molar-refractivity contribution >= 4 is 17.6 Å². The fourth-order valence-electron chi connectivity index (χ4n) is 3.26. The number of nitrogens with zero attached hydrogens (tertiary/aromatic N) is 3. The van der Waals surface area contributed by atoms with Crippen LogP contribution in [-0.2, 0) is 13.1 Å². The lowest BCUT2D eigenvalue weighted by Gasteiger charge is -2.26. The fraction of sp³-hybridized carbons (Fsp3) is 0.182. The second kappa shape index (κ2) is 8.28. The molecule has 8 heteroatoms. The molecular weight excluding hydrogens is 387 g/mol. The molecule has 2 heterocycles. The van der Waals surface area contributed by atoms with Gasteiger partial charge in [-0.3, -0.25) is 19.1 Å². The normalized spacial score (nSPS) is 13.1. The van der Waals surface area contributed by atoms with Crippen LogP contribution < -0.4 is 5.32 Å². The smallest absolute Gasteiger partial charge is 0.272 e. The maximum absolute atomic E-state index is 13.0. The Kier molecular flexibility index (Phi) is 5.38. The molecule has 0 saturated carbocycles. The van der Waals surface area contributed by atoms with Gasteiger partial charge in [0.25, 0.3) is 11.8 Å². The molecule has 1 aliphatic heterocycles. The molecule has 0 spiro atoms. The van der Waals surface area contributed by atoms with Crippen molar-refractivity contribution in [2.45, 2.75) is 13.1 Å². The molecule has 0 radical (unpaired) electrons. The van der Waals surface area contributed by atoms with Crippen molar-refractivity contribution in [1.82, 2.24) is 20.0 Å². The monoisotopic (exact) mass is 406 g/mol. The Morgan fingerprint density at radius 2 is 1.77 bits per heavy atom. The van der Waals surface area contributed by atoms with Gasteiger partial charge in [0, 0.05) is 24.7 Å². The number of hydrogen-bond acceptors (Lipinski definition) is 4. The molecule has 4 rings (SSSR count). The van der Waals surface area contributed by atoms with Gasteiger partial charge in [0.1, 0.15) is 11.5 Å². The van der Waals surface area contributed by atoms with Crippen molar-refractivity contribution in [3.8, 4) is 0 Å². The number of carbonyl (C=O) groups is 3. The topological polar surface area (TPSA) is 84.3 Å². The summed E-state index contributed by atoms with van der Waals surface area (Å²) >= 11 is 0. The van der Waals surface area contributed by atoms with Crippen molar-refractivity contribution in [3.05, 3.63) is 89.0 Å². The minimum atomic E-state index is -0.430. The number of rotatable bonds is 6. The Morgan fingerprint density at radius 1 is 1.03 bits per heavy atom. The summed E-state index contributed by atoms with van der Waals surface area (Å²) in [4.78, 5) is 39.1. The summed E-state index contributed by atoms with van der Waals surface area (Å²) in [5, 5.41) is 6.92. The summed E-state index contributed by atoms with van der Waals surface area (Å²) in [6, 6.07) is 16.0. The van der Waals surface area contributed by atoms with Crippen LogP contribution >= 0.6 is 0 Å². The van der Waals surface area contributed by atoms with Gasteiger partial charge in [-0.15, -0.1) is 0 Å². The van der Waals surface area contributed by atoms with E-state index in [1.54, 1.807) is 36.4 Å². The van der Waals surface area contributed by atoms with Crippen molar-refractivity contribution in [3.63, 3.8) is 0 Å². The van der Waals surface area contributed by atoms with Crippen LogP contribution in [0.4, 0.5) is 4.39 Å². The number of nitrogens with one attached hydrogen (secondary N) is 1. The molecule has 1 aliphatic rings. The number of halogens is 1. The standard InChI is InChI=1S/C22H19FN4O3/c23-17-8-6-15(7-9-17)13-24-21(29)18-12-19-22(30)26(10-11-27(19)25-18)14-20(28)16-4-2-1-3-5-16/h1-9,12H,10-11,13-14H2,(H,24,29). The van der Waals surface area contributed by atoms with Crippen molar-refractivity contribution in [2.24, 2.45) is 0 Å². The molecule has 0 atom stereocenters. The van der Waals surface area contributed by atoms with Crippen LogP contribution in [0.3, 0.4) is 0 Å². The first kappa shape index (κ1) is 19.5. The Morgan fingerprint density at radius 3 is 2.50 bits per heavy atom. The number of amides is 2. The van der Waals surface area contributed by atoms with Crippen LogP contribution in [0, 0.1) is 5.82 Å². The Balaban J connectivity index is 1.41. The summed E-state index contributed by atoms with van der Waals surface area (Å²) in [5.74, 6) is -1.26. The molecule has 1 N–H and O–H groups in total. The molecular formula is C22H19FN4O3. The van der Waals surface area contributed by atoms with Gasteiger partial charge in [-0.1, -0.05) is 42.5 Å². The number of fused-ring (bicyclic) bond motifs is 1. The average molecular weight is 406 g/mol. The van der Waals surface area contributed by atoms with Gasteiger partial charge in [0.2, 0.25) is 0 Å². The zero-order chi connectivity index (χ0) is 21.1. The molecule has 1 aromatic heterocycles. The third-order valence-electron chi connectivity index (χ3n) is 4.90. The first-order valence-corrected chi connectivity index (χ1v) is 9.49. The van der Waals surface area contributed by atoms with Crippen LogP contribution in [0.1, 0.15) is 36.9 Å². The van der Waals surface area contributed by atoms with E-state index in [9.17, 15) is 18.8 Å². The molecule has 2 aromatic carbocycles. The van der Waals surface area contributed by atoms with Gasteiger partial charge in [0.05, 0.1) is 13.1 Å². The van der Waals surface area contributed by atoms with Crippen LogP contribution in [0.5, 0.6) is 0 Å². The van der Waals surface area contributed by atoms with E-state index >= 15 is 0 Å². The van der Waals surface area contributed by atoms with Crippen LogP contribution in [0.2, 0.25) is 0 Å². The summed E-state index contributed by atoms with van der Waals surface area (Å²) in [7, 11) is 0. The molecule has 0 unspecified atom stereocenters. The highest BCUT2D eigenvalue weighted by Gasteiger charge is 2.29. The van der Waals surface area contributed by atoms with Crippen molar-refractivity contribution in [1.29, 1.82) is 0 Å². The molecule has 0 saturated heterocycles. The second-order valence-electron chi connectivity index (χ2n) is 6.96. The van der Waals surface area contributed by atoms with E-state index in [-0.39, 0.29) is 42.0 Å². The van der Waals surface area contributed by atoms with Gasteiger partial charge in [0.15, 0.2) is 11.5 Å². The number of aromatic nitrogens is 2. The first-order chi connectivity index (χ1) is 14.5. The largest absolute Gasteiger partial charge is 0.347 e. The van der Waals surface area contributed by atoms with Gasteiger partial charge >= 0.3 is 0 Å². The lowest BCUT2D eigenvalue weighted by Crippen LogP contribution is -2.43. The Labute approximate surface area is 172 Å². The van der Waals surface area contributed by atoms with Gasteiger partial charge in [-0.25, -0.2) is 4.39 Å². The fourth-order valence-corrected chi connectivity index (χ4v) is 3.26. The maximum atomic E-state index is 13.0. The van der Waals surface area contributed by atoms with E-state index in [1.807, 2.05) is 6.07 Å². The highest BCUT2D eigenvalue weighted by atomic mass is 19.1. The molecule has 30 heavy (non-hydrogen) atoms. The zero-order valence-corrected chi connectivity index (χ0v) is 16.0. The third kappa shape index (κ3) is 4.12. The van der Waals surface area contributed by atoms with Crippen LogP contribution in [-0.4, -0.2) is 45.4 Å².